The first-order valence-electron chi connectivity index (χ1n) is 10.7. The summed E-state index contributed by atoms with van der Waals surface area (Å²) in [6.07, 6.45) is 6.80. The van der Waals surface area contributed by atoms with Gasteiger partial charge >= 0.3 is 0 Å². The van der Waals surface area contributed by atoms with Crippen LogP contribution in [0.1, 0.15) is 36.0 Å². The van der Waals surface area contributed by atoms with Gasteiger partial charge in [-0.25, -0.2) is 13.1 Å². The Hall–Kier alpha value is -2.97. The summed E-state index contributed by atoms with van der Waals surface area (Å²) >= 11 is 0. The zero-order valence-electron chi connectivity index (χ0n) is 18.0. The normalized spacial score (nSPS) is 17.4. The van der Waals surface area contributed by atoms with Gasteiger partial charge < -0.3 is 10.6 Å². The van der Waals surface area contributed by atoms with Gasteiger partial charge in [0.25, 0.3) is 0 Å². The van der Waals surface area contributed by atoms with Crippen molar-refractivity contribution in [3.63, 3.8) is 0 Å². The number of hydrogen-bond acceptors (Lipinski definition) is 4. The van der Waals surface area contributed by atoms with Gasteiger partial charge in [-0.1, -0.05) is 66.7 Å². The van der Waals surface area contributed by atoms with Crippen LogP contribution in [0.3, 0.4) is 0 Å². The number of likely N-dealkylation sites (tertiary alicyclic amines) is 1. The highest BCUT2D eigenvalue weighted by atomic mass is 32.2. The van der Waals surface area contributed by atoms with E-state index in [-0.39, 0.29) is 17.5 Å². The number of hydrogen-bond donors (Lipinski definition) is 3. The van der Waals surface area contributed by atoms with E-state index in [9.17, 15) is 13.2 Å². The number of nitrogens with one attached hydrogen (secondary N) is 2. The second-order valence-corrected chi connectivity index (χ2v) is 9.74. The third kappa shape index (κ3) is 7.03. The molecule has 1 amide bonds. The second-order valence-electron chi connectivity index (χ2n) is 7.98. The Morgan fingerprint density at radius 2 is 1.78 bits per heavy atom. The van der Waals surface area contributed by atoms with Crippen LogP contribution in [0.15, 0.2) is 66.7 Å². The van der Waals surface area contributed by atoms with Gasteiger partial charge in [0.15, 0.2) is 0 Å². The van der Waals surface area contributed by atoms with E-state index in [0.29, 0.717) is 37.1 Å². The molecule has 2 aromatic carbocycles. The average molecular weight is 455 g/mol. The Morgan fingerprint density at radius 1 is 1.06 bits per heavy atom. The lowest BCUT2D eigenvalue weighted by Crippen LogP contribution is -2.47. The van der Waals surface area contributed by atoms with Crippen molar-refractivity contribution in [2.45, 2.75) is 37.5 Å². The molecule has 170 valence electrons. The Bertz CT molecular complexity index is 1050. The zero-order valence-corrected chi connectivity index (χ0v) is 18.9. The van der Waals surface area contributed by atoms with Crippen molar-refractivity contribution in [3.8, 4) is 0 Å². The van der Waals surface area contributed by atoms with E-state index in [2.05, 4.69) is 4.72 Å². The highest BCUT2D eigenvalue weighted by Gasteiger charge is 2.29. The summed E-state index contributed by atoms with van der Waals surface area (Å²) in [4.78, 5) is 14.7. The fraction of sp³-hybridized carbons (Fsp3) is 0.333. The molecule has 1 saturated heterocycles. The maximum absolute atomic E-state index is 13.0. The topological polar surface area (TPSA) is 116 Å². The third-order valence-corrected chi connectivity index (χ3v) is 6.77. The molecule has 1 unspecified atom stereocenters. The van der Waals surface area contributed by atoms with E-state index >= 15 is 0 Å². The third-order valence-electron chi connectivity index (χ3n) is 5.41. The molecule has 4 N–H and O–H groups in total. The predicted molar refractivity (Wildman–Crippen MR) is 127 cm³/mol. The lowest BCUT2D eigenvalue weighted by molar-refractivity contribution is -0.131. The highest BCUT2D eigenvalue weighted by Crippen LogP contribution is 2.15. The molecule has 1 fully saturated rings. The van der Waals surface area contributed by atoms with Gasteiger partial charge in [0.1, 0.15) is 11.9 Å². The lowest BCUT2D eigenvalue weighted by atomic mass is 10.1. The number of nitrogens with zero attached hydrogens (tertiary/aromatic N) is 1. The molecule has 1 atom stereocenters. The van der Waals surface area contributed by atoms with Gasteiger partial charge in [-0.2, -0.15) is 0 Å². The van der Waals surface area contributed by atoms with Crippen LogP contribution in [-0.4, -0.2) is 44.2 Å². The molecule has 7 nitrogen and oxygen atoms in total. The largest absolute Gasteiger partial charge is 0.384 e. The second kappa shape index (κ2) is 11.1. The number of amidine groups is 1. The summed E-state index contributed by atoms with van der Waals surface area (Å²) in [6.45, 7) is 1.06. The minimum atomic E-state index is -3.62. The van der Waals surface area contributed by atoms with E-state index < -0.39 is 16.1 Å². The van der Waals surface area contributed by atoms with Crippen molar-refractivity contribution in [3.05, 3.63) is 83.4 Å². The monoisotopic (exact) mass is 454 g/mol. The quantitative estimate of drug-likeness (QED) is 0.307. The van der Waals surface area contributed by atoms with Gasteiger partial charge in [0.05, 0.1) is 5.75 Å². The molecule has 0 spiro atoms. The van der Waals surface area contributed by atoms with E-state index in [1.807, 2.05) is 42.5 Å². The van der Waals surface area contributed by atoms with Crippen molar-refractivity contribution in [1.82, 2.24) is 9.62 Å². The molecule has 8 heteroatoms. The van der Waals surface area contributed by atoms with Crippen molar-refractivity contribution >= 4 is 21.8 Å². The molecular formula is C24H30N4O3S. The lowest BCUT2D eigenvalue weighted by Gasteiger charge is -2.23. The number of amides is 1. The molecule has 0 saturated carbocycles. The minimum Gasteiger partial charge on any atom is -0.384 e. The van der Waals surface area contributed by atoms with Gasteiger partial charge in [0.2, 0.25) is 15.9 Å². The average Bonchev–Trinajstić information content (AvgIpc) is 2.93. The molecule has 1 heterocycles. The Labute approximate surface area is 189 Å². The van der Waals surface area contributed by atoms with E-state index in [1.165, 1.54) is 0 Å². The van der Waals surface area contributed by atoms with Crippen LogP contribution in [0.2, 0.25) is 0 Å². The van der Waals surface area contributed by atoms with Crippen LogP contribution >= 0.6 is 0 Å². The number of carbonyl (C=O) groups is 1. The first-order valence-corrected chi connectivity index (χ1v) is 12.4. The van der Waals surface area contributed by atoms with Crippen molar-refractivity contribution in [2.75, 3.05) is 13.1 Å². The zero-order chi connectivity index (χ0) is 23.0. The number of rotatable bonds is 9. The molecule has 3 rings (SSSR count). The van der Waals surface area contributed by atoms with E-state index in [1.54, 1.807) is 29.2 Å². The number of nitrogen functional groups attached to an aromatic ring is 1. The fourth-order valence-corrected chi connectivity index (χ4v) is 5.06. The smallest absolute Gasteiger partial charge is 0.241 e. The van der Waals surface area contributed by atoms with Gasteiger partial charge in [-0.05, 0) is 36.8 Å². The fourth-order valence-electron chi connectivity index (χ4n) is 3.69. The molecule has 0 aromatic heterocycles. The number of nitrogens with two attached hydrogens (primary N) is 1. The van der Waals surface area contributed by atoms with E-state index in [0.717, 1.165) is 18.4 Å². The van der Waals surface area contributed by atoms with Crippen molar-refractivity contribution < 1.29 is 13.2 Å². The molecule has 0 radical (unpaired) electrons. The first-order chi connectivity index (χ1) is 15.3. The van der Waals surface area contributed by atoms with Crippen LogP contribution in [0.5, 0.6) is 0 Å². The minimum absolute atomic E-state index is 0.0423. The summed E-state index contributed by atoms with van der Waals surface area (Å²) in [5.74, 6) is -0.268. The van der Waals surface area contributed by atoms with Crippen LogP contribution in [-0.2, 0) is 27.0 Å². The van der Waals surface area contributed by atoms with E-state index in [4.69, 9.17) is 11.1 Å². The van der Waals surface area contributed by atoms with Crippen LogP contribution in [0.25, 0.3) is 0 Å². The molecule has 1 aliphatic heterocycles. The van der Waals surface area contributed by atoms with Crippen molar-refractivity contribution in [1.29, 1.82) is 5.41 Å². The summed E-state index contributed by atoms with van der Waals surface area (Å²) in [7, 11) is -3.62. The van der Waals surface area contributed by atoms with Crippen LogP contribution < -0.4 is 10.5 Å². The van der Waals surface area contributed by atoms with Crippen molar-refractivity contribution in [2.24, 2.45) is 5.73 Å². The van der Waals surface area contributed by atoms with Gasteiger partial charge in [-0.15, -0.1) is 0 Å². The van der Waals surface area contributed by atoms with Crippen LogP contribution in [0, 0.1) is 5.41 Å². The predicted octanol–water partition coefficient (Wildman–Crippen LogP) is 2.57. The molecule has 1 aliphatic rings. The first kappa shape index (κ1) is 23.7. The van der Waals surface area contributed by atoms with Crippen LogP contribution in [0.4, 0.5) is 0 Å². The molecular weight excluding hydrogens is 424 g/mol. The highest BCUT2D eigenvalue weighted by molar-refractivity contribution is 7.88. The summed E-state index contributed by atoms with van der Waals surface area (Å²) in [5.41, 5.74) is 7.93. The molecule has 0 bridgehead atoms. The Balaban J connectivity index is 1.55. The molecule has 32 heavy (non-hydrogen) atoms. The number of benzene rings is 2. The summed E-state index contributed by atoms with van der Waals surface area (Å²) in [6, 6.07) is 15.7. The number of sulfonamides is 1. The molecule has 2 aromatic rings. The van der Waals surface area contributed by atoms with Gasteiger partial charge in [-0.3, -0.25) is 10.2 Å². The Morgan fingerprint density at radius 3 is 2.47 bits per heavy atom. The maximum Gasteiger partial charge on any atom is 0.241 e. The SMILES string of the molecule is N=C(N)c1ccc(C/C=C/CN2CCCCC(NS(=O)(=O)Cc3ccccc3)C2=O)cc1. The number of allylic oxidation sites excluding steroid dienone is 1. The number of carbonyl (C=O) groups excluding carboxylic acids is 1. The maximum atomic E-state index is 13.0. The van der Waals surface area contributed by atoms with Gasteiger partial charge in [0, 0.05) is 18.7 Å². The Kier molecular flexibility index (Phi) is 8.19. The molecule has 0 aliphatic carbocycles. The summed E-state index contributed by atoms with van der Waals surface area (Å²) < 4.78 is 27.8. The summed E-state index contributed by atoms with van der Waals surface area (Å²) in [5, 5.41) is 7.43. The standard InChI is InChI=1S/C24H30N4O3S/c25-23(26)21-14-12-19(13-15-21)8-4-6-16-28-17-7-5-11-22(24(28)29)27-32(30,31)18-20-9-2-1-3-10-20/h1-4,6,9-10,12-15,22,27H,5,7-8,11,16-18H2,(H3,25,26)/b6-4+.